The molecule has 1 heterocycles. The van der Waals surface area contributed by atoms with Gasteiger partial charge in [0.1, 0.15) is 0 Å². The van der Waals surface area contributed by atoms with Gasteiger partial charge in [0.2, 0.25) is 0 Å². The maximum atomic E-state index is 12.2. The molecule has 0 amide bonds. The van der Waals surface area contributed by atoms with Gasteiger partial charge in [0.15, 0.2) is 0 Å². The lowest BCUT2D eigenvalue weighted by atomic mass is 10.1. The van der Waals surface area contributed by atoms with E-state index in [1.54, 1.807) is 0 Å². The van der Waals surface area contributed by atoms with Gasteiger partial charge in [-0.3, -0.25) is 4.98 Å². The molecule has 7 heteroatoms. The van der Waals surface area contributed by atoms with Crippen LogP contribution in [-0.4, -0.2) is 4.98 Å². The molecule has 0 spiro atoms. The third kappa shape index (κ3) is 2.60. The van der Waals surface area contributed by atoms with Gasteiger partial charge in [-0.1, -0.05) is 0 Å². The molecule has 15 heavy (non-hydrogen) atoms. The Morgan fingerprint density at radius 2 is 1.53 bits per heavy atom. The number of hydrogen-bond donors (Lipinski definition) is 0. The number of alkyl halides is 6. The number of nitrogens with zero attached hydrogens (tertiary/aromatic N) is 1. The average molecular weight is 229 g/mol. The summed E-state index contributed by atoms with van der Waals surface area (Å²) >= 11 is 0. The Kier molecular flexibility index (Phi) is 2.67. The van der Waals surface area contributed by atoms with Crippen molar-refractivity contribution >= 4 is 0 Å². The van der Waals surface area contributed by atoms with Crippen LogP contribution in [0.5, 0.6) is 0 Å². The summed E-state index contributed by atoms with van der Waals surface area (Å²) in [5.41, 5.74) is -3.24. The summed E-state index contributed by atoms with van der Waals surface area (Å²) in [6.07, 6.45) is -9.26. The highest BCUT2D eigenvalue weighted by molar-refractivity contribution is 5.28. The topological polar surface area (TPSA) is 12.9 Å². The third-order valence-corrected chi connectivity index (χ3v) is 1.72. The smallest absolute Gasteiger partial charge is 0.260 e. The van der Waals surface area contributed by atoms with Gasteiger partial charge in [-0.05, 0) is 13.0 Å². The number of rotatable bonds is 0. The zero-order valence-corrected chi connectivity index (χ0v) is 7.37. The lowest BCUT2D eigenvalue weighted by molar-refractivity contribution is -0.143. The summed E-state index contributed by atoms with van der Waals surface area (Å²) in [7, 11) is 0. The highest BCUT2D eigenvalue weighted by atomic mass is 19.4. The molecule has 0 radical (unpaired) electrons. The first-order chi connectivity index (χ1) is 6.62. The number of halogens is 6. The Balaban J connectivity index is 3.30. The van der Waals surface area contributed by atoms with Crippen molar-refractivity contribution in [3.8, 4) is 0 Å². The van der Waals surface area contributed by atoms with Crippen LogP contribution in [0.25, 0.3) is 0 Å². The second kappa shape index (κ2) is 3.39. The third-order valence-electron chi connectivity index (χ3n) is 1.72. The standard InChI is InChI=1S/C8H5F6N/c1-4-6(8(12,13)14)2-5(3-15-4)7(9,10)11/h2-3H,1H3. The van der Waals surface area contributed by atoms with Crippen molar-refractivity contribution < 1.29 is 26.3 Å². The van der Waals surface area contributed by atoms with Crippen LogP contribution in [0, 0.1) is 6.92 Å². The van der Waals surface area contributed by atoms with Crippen LogP contribution in [0.4, 0.5) is 26.3 Å². The largest absolute Gasteiger partial charge is 0.418 e. The van der Waals surface area contributed by atoms with E-state index in [1.807, 2.05) is 0 Å². The summed E-state index contributed by atoms with van der Waals surface area (Å²) in [6.45, 7) is 1.00. The number of pyridine rings is 1. The maximum Gasteiger partial charge on any atom is 0.418 e. The maximum absolute atomic E-state index is 12.2. The number of hydrogen-bond acceptors (Lipinski definition) is 1. The minimum atomic E-state index is -4.82. The van der Waals surface area contributed by atoms with Crippen LogP contribution >= 0.6 is 0 Å². The summed E-state index contributed by atoms with van der Waals surface area (Å²) in [5, 5.41) is 0. The summed E-state index contributed by atoms with van der Waals surface area (Å²) in [5.74, 6) is 0. The molecule has 1 nitrogen and oxygen atoms in total. The quantitative estimate of drug-likeness (QED) is 0.621. The van der Waals surface area contributed by atoms with Gasteiger partial charge in [0.05, 0.1) is 11.1 Å². The Morgan fingerprint density at radius 3 is 1.93 bits per heavy atom. The molecule has 1 rings (SSSR count). The van der Waals surface area contributed by atoms with E-state index < -0.39 is 29.2 Å². The monoisotopic (exact) mass is 229 g/mol. The van der Waals surface area contributed by atoms with E-state index in [0.717, 1.165) is 6.92 Å². The first-order valence-corrected chi connectivity index (χ1v) is 3.73. The van der Waals surface area contributed by atoms with Gasteiger partial charge in [-0.15, -0.1) is 0 Å². The molecule has 0 aliphatic heterocycles. The minimum absolute atomic E-state index is 0.0579. The second-order valence-corrected chi connectivity index (χ2v) is 2.85. The zero-order chi connectivity index (χ0) is 11.9. The molecule has 0 aliphatic rings. The van der Waals surface area contributed by atoms with Crippen molar-refractivity contribution in [1.29, 1.82) is 0 Å². The van der Waals surface area contributed by atoms with E-state index in [-0.39, 0.29) is 6.07 Å². The van der Waals surface area contributed by atoms with Crippen molar-refractivity contribution in [3.63, 3.8) is 0 Å². The van der Waals surface area contributed by atoms with Crippen molar-refractivity contribution in [3.05, 3.63) is 29.1 Å². The van der Waals surface area contributed by atoms with E-state index in [4.69, 9.17) is 0 Å². The SMILES string of the molecule is Cc1ncc(C(F)(F)F)cc1C(F)(F)F. The fourth-order valence-corrected chi connectivity index (χ4v) is 0.975. The van der Waals surface area contributed by atoms with E-state index >= 15 is 0 Å². The van der Waals surface area contributed by atoms with Crippen LogP contribution in [0.15, 0.2) is 12.3 Å². The molecule has 84 valence electrons. The fourth-order valence-electron chi connectivity index (χ4n) is 0.975. The fraction of sp³-hybridized carbons (Fsp3) is 0.375. The van der Waals surface area contributed by atoms with Crippen LogP contribution in [0.1, 0.15) is 16.8 Å². The van der Waals surface area contributed by atoms with E-state index in [1.165, 1.54) is 0 Å². The molecule has 0 N–H and O–H groups in total. The summed E-state index contributed by atoms with van der Waals surface area (Å²) < 4.78 is 72.9. The van der Waals surface area contributed by atoms with E-state index in [2.05, 4.69) is 4.98 Å². The Bertz CT molecular complexity index is 364. The van der Waals surface area contributed by atoms with Crippen LogP contribution in [0.2, 0.25) is 0 Å². The van der Waals surface area contributed by atoms with E-state index in [9.17, 15) is 26.3 Å². The van der Waals surface area contributed by atoms with Gasteiger partial charge < -0.3 is 0 Å². The Hall–Kier alpha value is -1.27. The number of aryl methyl sites for hydroxylation is 1. The van der Waals surface area contributed by atoms with Gasteiger partial charge in [0, 0.05) is 11.9 Å². The van der Waals surface area contributed by atoms with Crippen molar-refractivity contribution in [2.75, 3.05) is 0 Å². The molecule has 0 saturated carbocycles. The summed E-state index contributed by atoms with van der Waals surface area (Å²) in [6, 6.07) is 0.0579. The molecule has 0 unspecified atom stereocenters. The normalized spacial score (nSPS) is 13.0. The van der Waals surface area contributed by atoms with Crippen molar-refractivity contribution in [1.82, 2.24) is 4.98 Å². The molecule has 0 bridgehead atoms. The molecule has 0 saturated heterocycles. The predicted molar refractivity (Wildman–Crippen MR) is 39.0 cm³/mol. The minimum Gasteiger partial charge on any atom is -0.260 e. The van der Waals surface area contributed by atoms with Crippen LogP contribution in [0.3, 0.4) is 0 Å². The number of aromatic nitrogens is 1. The van der Waals surface area contributed by atoms with Crippen molar-refractivity contribution in [2.24, 2.45) is 0 Å². The molecule has 1 aromatic rings. The summed E-state index contributed by atoms with van der Waals surface area (Å²) in [4.78, 5) is 3.07. The van der Waals surface area contributed by atoms with E-state index in [0.29, 0.717) is 6.20 Å². The van der Waals surface area contributed by atoms with Gasteiger partial charge >= 0.3 is 12.4 Å². The van der Waals surface area contributed by atoms with Gasteiger partial charge in [-0.25, -0.2) is 0 Å². The van der Waals surface area contributed by atoms with Crippen LogP contribution < -0.4 is 0 Å². The molecule has 0 fully saturated rings. The highest BCUT2D eigenvalue weighted by Crippen LogP contribution is 2.35. The zero-order valence-electron chi connectivity index (χ0n) is 7.37. The lowest BCUT2D eigenvalue weighted by Crippen LogP contribution is -2.13. The average Bonchev–Trinajstić information content (AvgIpc) is 2.00. The molecular formula is C8H5F6N. The Labute approximate surface area is 80.7 Å². The molecule has 0 aromatic carbocycles. The van der Waals surface area contributed by atoms with Crippen molar-refractivity contribution in [2.45, 2.75) is 19.3 Å². The van der Waals surface area contributed by atoms with Gasteiger partial charge in [0.25, 0.3) is 0 Å². The first kappa shape index (κ1) is 11.8. The molecule has 1 aromatic heterocycles. The molecule has 0 aliphatic carbocycles. The Morgan fingerprint density at radius 1 is 1.00 bits per heavy atom. The molecular weight excluding hydrogens is 224 g/mol. The highest BCUT2D eigenvalue weighted by Gasteiger charge is 2.37. The van der Waals surface area contributed by atoms with Crippen LogP contribution in [-0.2, 0) is 12.4 Å². The predicted octanol–water partition coefficient (Wildman–Crippen LogP) is 3.43. The molecule has 0 atom stereocenters. The first-order valence-electron chi connectivity index (χ1n) is 3.73. The second-order valence-electron chi connectivity index (χ2n) is 2.85. The van der Waals surface area contributed by atoms with Gasteiger partial charge in [-0.2, -0.15) is 26.3 Å². The lowest BCUT2D eigenvalue weighted by Gasteiger charge is -2.12.